The van der Waals surface area contributed by atoms with Crippen molar-refractivity contribution in [3.63, 3.8) is 0 Å². The average molecular weight is 375 g/mol. The number of methoxy groups -OCH3 is 1. The Kier molecular flexibility index (Phi) is 8.45. The SMILES string of the molecule is COc1ccccc1C(NC(=O)CCCCCCN)c1ccccc1Cl. The Balaban J connectivity index is 2.17. The van der Waals surface area contributed by atoms with Crippen LogP contribution in [-0.4, -0.2) is 19.6 Å². The normalized spacial score (nSPS) is 11.8. The Labute approximate surface area is 160 Å². The number of nitrogens with two attached hydrogens (primary N) is 1. The molecule has 0 aliphatic rings. The zero-order valence-electron chi connectivity index (χ0n) is 15.2. The first-order valence-corrected chi connectivity index (χ1v) is 9.42. The van der Waals surface area contributed by atoms with E-state index in [1.807, 2.05) is 48.5 Å². The zero-order valence-corrected chi connectivity index (χ0v) is 16.0. The van der Waals surface area contributed by atoms with E-state index in [9.17, 15) is 4.79 Å². The van der Waals surface area contributed by atoms with E-state index in [2.05, 4.69) is 5.32 Å². The van der Waals surface area contributed by atoms with Gasteiger partial charge in [0.05, 0.1) is 13.2 Å². The van der Waals surface area contributed by atoms with Crippen molar-refractivity contribution in [2.75, 3.05) is 13.7 Å². The highest BCUT2D eigenvalue weighted by Crippen LogP contribution is 2.33. The Morgan fingerprint density at radius 1 is 1.04 bits per heavy atom. The van der Waals surface area contributed by atoms with E-state index in [4.69, 9.17) is 22.1 Å². The summed E-state index contributed by atoms with van der Waals surface area (Å²) < 4.78 is 5.49. The first-order chi connectivity index (χ1) is 12.7. The van der Waals surface area contributed by atoms with Crippen molar-refractivity contribution in [2.45, 2.75) is 38.1 Å². The molecule has 0 fully saturated rings. The Bertz CT molecular complexity index is 706. The van der Waals surface area contributed by atoms with Gasteiger partial charge in [-0.25, -0.2) is 0 Å². The first kappa shape index (κ1) is 20.3. The number of benzene rings is 2. The predicted octanol–water partition coefficient (Wildman–Crippen LogP) is 4.46. The molecule has 2 aromatic carbocycles. The van der Waals surface area contributed by atoms with Crippen molar-refractivity contribution >= 4 is 17.5 Å². The van der Waals surface area contributed by atoms with E-state index < -0.39 is 0 Å². The molecule has 2 rings (SSSR count). The highest BCUT2D eigenvalue weighted by atomic mass is 35.5. The maximum Gasteiger partial charge on any atom is 0.220 e. The second kappa shape index (κ2) is 10.8. The van der Waals surface area contributed by atoms with Gasteiger partial charge >= 0.3 is 0 Å². The lowest BCUT2D eigenvalue weighted by atomic mass is 9.97. The summed E-state index contributed by atoms with van der Waals surface area (Å²) in [6.45, 7) is 0.703. The zero-order chi connectivity index (χ0) is 18.8. The van der Waals surface area contributed by atoms with Crippen LogP contribution in [0.25, 0.3) is 0 Å². The molecule has 4 nitrogen and oxygen atoms in total. The molecule has 0 radical (unpaired) electrons. The fourth-order valence-corrected chi connectivity index (χ4v) is 3.20. The predicted molar refractivity (Wildman–Crippen MR) is 107 cm³/mol. The Morgan fingerprint density at radius 2 is 1.69 bits per heavy atom. The minimum absolute atomic E-state index is 0.00794. The molecule has 0 saturated heterocycles. The average Bonchev–Trinajstić information content (AvgIpc) is 2.66. The summed E-state index contributed by atoms with van der Waals surface area (Å²) in [4.78, 5) is 12.5. The molecule has 2 aromatic rings. The van der Waals surface area contributed by atoms with Crippen LogP contribution in [0.3, 0.4) is 0 Å². The van der Waals surface area contributed by atoms with Crippen molar-refractivity contribution in [1.29, 1.82) is 0 Å². The third kappa shape index (κ3) is 5.75. The van der Waals surface area contributed by atoms with E-state index in [-0.39, 0.29) is 11.9 Å². The Morgan fingerprint density at radius 3 is 2.38 bits per heavy atom. The van der Waals surface area contributed by atoms with Gasteiger partial charge in [-0.2, -0.15) is 0 Å². The monoisotopic (exact) mass is 374 g/mol. The van der Waals surface area contributed by atoms with Crippen molar-refractivity contribution in [2.24, 2.45) is 5.73 Å². The topological polar surface area (TPSA) is 64.3 Å². The van der Waals surface area contributed by atoms with Crippen LogP contribution < -0.4 is 15.8 Å². The third-order valence-corrected chi connectivity index (χ3v) is 4.67. The highest BCUT2D eigenvalue weighted by Gasteiger charge is 2.22. The van der Waals surface area contributed by atoms with Crippen LogP contribution in [0.1, 0.15) is 49.3 Å². The number of hydrogen-bond donors (Lipinski definition) is 2. The third-order valence-electron chi connectivity index (χ3n) is 4.33. The van der Waals surface area contributed by atoms with E-state index >= 15 is 0 Å². The molecule has 0 aromatic heterocycles. The molecule has 0 aliphatic heterocycles. The molecule has 3 N–H and O–H groups in total. The van der Waals surface area contributed by atoms with Crippen LogP contribution in [0.15, 0.2) is 48.5 Å². The number of rotatable bonds is 10. The van der Waals surface area contributed by atoms with Gasteiger partial charge in [0, 0.05) is 17.0 Å². The van der Waals surface area contributed by atoms with Crippen molar-refractivity contribution in [3.8, 4) is 5.75 Å². The molecule has 1 amide bonds. The molecule has 5 heteroatoms. The molecular formula is C21H27ClN2O2. The van der Waals surface area contributed by atoms with Gasteiger partial charge in [0.2, 0.25) is 5.91 Å². The van der Waals surface area contributed by atoms with E-state index in [1.54, 1.807) is 7.11 Å². The number of unbranched alkanes of at least 4 members (excludes halogenated alkanes) is 3. The number of ether oxygens (including phenoxy) is 1. The van der Waals surface area contributed by atoms with Crippen LogP contribution in [-0.2, 0) is 4.79 Å². The minimum Gasteiger partial charge on any atom is -0.496 e. The van der Waals surface area contributed by atoms with E-state index in [1.165, 1.54) is 0 Å². The van der Waals surface area contributed by atoms with Crippen LogP contribution >= 0.6 is 11.6 Å². The summed E-state index contributed by atoms with van der Waals surface area (Å²) in [7, 11) is 1.63. The summed E-state index contributed by atoms with van der Waals surface area (Å²) in [5, 5.41) is 3.75. The summed E-state index contributed by atoms with van der Waals surface area (Å²) in [6.07, 6.45) is 4.42. The van der Waals surface area contributed by atoms with Gasteiger partial charge in [-0.1, -0.05) is 60.8 Å². The van der Waals surface area contributed by atoms with E-state index in [0.29, 0.717) is 18.0 Å². The number of halogens is 1. The number of carbonyl (C=O) groups is 1. The van der Waals surface area contributed by atoms with Crippen LogP contribution in [0, 0.1) is 0 Å². The summed E-state index contributed by atoms with van der Waals surface area (Å²) in [6, 6.07) is 14.9. The summed E-state index contributed by atoms with van der Waals surface area (Å²) in [5.74, 6) is 0.731. The van der Waals surface area contributed by atoms with Gasteiger partial charge in [-0.15, -0.1) is 0 Å². The first-order valence-electron chi connectivity index (χ1n) is 9.04. The largest absolute Gasteiger partial charge is 0.496 e. The van der Waals surface area contributed by atoms with Gasteiger partial charge in [0.1, 0.15) is 5.75 Å². The van der Waals surface area contributed by atoms with Crippen LogP contribution in [0.2, 0.25) is 5.02 Å². The number of carbonyl (C=O) groups excluding carboxylic acids is 1. The lowest BCUT2D eigenvalue weighted by molar-refractivity contribution is -0.121. The number of amides is 1. The van der Waals surface area contributed by atoms with Gasteiger partial charge in [0.25, 0.3) is 0 Å². The van der Waals surface area contributed by atoms with Gasteiger partial charge in [-0.05, 0) is 37.1 Å². The Hall–Kier alpha value is -2.04. The smallest absolute Gasteiger partial charge is 0.220 e. The lowest BCUT2D eigenvalue weighted by Crippen LogP contribution is -2.29. The summed E-state index contributed by atoms with van der Waals surface area (Å²) in [5.41, 5.74) is 7.25. The van der Waals surface area contributed by atoms with Gasteiger partial charge in [0.15, 0.2) is 0 Å². The molecule has 26 heavy (non-hydrogen) atoms. The lowest BCUT2D eigenvalue weighted by Gasteiger charge is -2.23. The number of nitrogens with one attached hydrogen (secondary N) is 1. The molecular weight excluding hydrogens is 348 g/mol. The molecule has 1 atom stereocenters. The van der Waals surface area contributed by atoms with Crippen LogP contribution in [0.4, 0.5) is 0 Å². The molecule has 0 heterocycles. The number of hydrogen-bond acceptors (Lipinski definition) is 3. The molecule has 0 aliphatic carbocycles. The minimum atomic E-state index is -0.351. The fraction of sp³-hybridized carbons (Fsp3) is 0.381. The second-order valence-corrected chi connectivity index (χ2v) is 6.62. The molecule has 140 valence electrons. The maximum absolute atomic E-state index is 12.5. The summed E-state index contributed by atoms with van der Waals surface area (Å²) >= 11 is 6.41. The standard InChI is InChI=1S/C21H27ClN2O2/c1-26-19-13-8-6-11-17(19)21(16-10-5-7-12-18(16)22)24-20(25)14-4-2-3-9-15-23/h5-8,10-13,21H,2-4,9,14-15,23H2,1H3,(H,24,25). The van der Waals surface area contributed by atoms with Crippen molar-refractivity contribution in [3.05, 3.63) is 64.7 Å². The fourth-order valence-electron chi connectivity index (χ4n) is 2.95. The highest BCUT2D eigenvalue weighted by molar-refractivity contribution is 6.31. The van der Waals surface area contributed by atoms with Crippen molar-refractivity contribution in [1.82, 2.24) is 5.32 Å². The van der Waals surface area contributed by atoms with E-state index in [0.717, 1.165) is 42.6 Å². The van der Waals surface area contributed by atoms with Gasteiger partial charge < -0.3 is 15.8 Å². The molecule has 0 bridgehead atoms. The molecule has 1 unspecified atom stereocenters. The number of para-hydroxylation sites is 1. The van der Waals surface area contributed by atoms with Crippen LogP contribution in [0.5, 0.6) is 5.75 Å². The quantitative estimate of drug-likeness (QED) is 0.603. The van der Waals surface area contributed by atoms with Gasteiger partial charge in [-0.3, -0.25) is 4.79 Å². The second-order valence-electron chi connectivity index (χ2n) is 6.22. The molecule has 0 spiro atoms. The van der Waals surface area contributed by atoms with Crippen molar-refractivity contribution < 1.29 is 9.53 Å². The molecule has 0 saturated carbocycles. The maximum atomic E-state index is 12.5.